The second kappa shape index (κ2) is 7.95. The first-order chi connectivity index (χ1) is 11.7. The third kappa shape index (κ3) is 5.26. The third-order valence-electron chi connectivity index (χ3n) is 3.83. The van der Waals surface area contributed by atoms with Crippen molar-refractivity contribution < 1.29 is 4.42 Å². The second-order valence-electron chi connectivity index (χ2n) is 7.16. The van der Waals surface area contributed by atoms with Gasteiger partial charge in [0.25, 0.3) is 0 Å². The van der Waals surface area contributed by atoms with Crippen LogP contribution in [0, 0.1) is 0 Å². The van der Waals surface area contributed by atoms with Gasteiger partial charge in [-0.25, -0.2) is 9.98 Å². The van der Waals surface area contributed by atoms with Crippen LogP contribution in [-0.4, -0.2) is 34.0 Å². The fourth-order valence-electron chi connectivity index (χ4n) is 2.38. The molecule has 1 N–H and O–H groups in total. The van der Waals surface area contributed by atoms with E-state index in [1.54, 1.807) is 6.20 Å². The van der Waals surface area contributed by atoms with Crippen LogP contribution in [0.15, 0.2) is 27.9 Å². The average molecular weight is 366 g/mol. The highest BCUT2D eigenvalue weighted by atomic mass is 35.5. The molecule has 0 bridgehead atoms. The van der Waals surface area contributed by atoms with Crippen molar-refractivity contribution in [1.82, 2.24) is 19.8 Å². The molecule has 2 heterocycles. The van der Waals surface area contributed by atoms with Gasteiger partial charge in [0.2, 0.25) is 5.89 Å². The Morgan fingerprint density at radius 3 is 2.68 bits per heavy atom. The van der Waals surface area contributed by atoms with Crippen molar-refractivity contribution in [3.63, 3.8) is 0 Å². The molecule has 25 heavy (non-hydrogen) atoms. The van der Waals surface area contributed by atoms with Crippen LogP contribution in [0.2, 0.25) is 5.02 Å². The number of hydrogen-bond donors (Lipinski definition) is 1. The lowest BCUT2D eigenvalue weighted by Gasteiger charge is -2.22. The van der Waals surface area contributed by atoms with Gasteiger partial charge in [-0.3, -0.25) is 0 Å². The molecule has 0 aliphatic rings. The van der Waals surface area contributed by atoms with Gasteiger partial charge in [0, 0.05) is 37.9 Å². The molecule has 0 radical (unpaired) electrons. The van der Waals surface area contributed by atoms with Crippen LogP contribution in [0.4, 0.5) is 0 Å². The molecule has 0 aromatic carbocycles. The Hall–Kier alpha value is -1.95. The largest absolute Gasteiger partial charge is 0.443 e. The molecule has 2 aromatic heterocycles. The Morgan fingerprint density at radius 1 is 1.44 bits per heavy atom. The minimum absolute atomic E-state index is 0.0535. The Labute approximate surface area is 154 Å². The number of oxazole rings is 1. The quantitative estimate of drug-likeness (QED) is 0.650. The average Bonchev–Trinajstić information content (AvgIpc) is 3.10. The Morgan fingerprint density at radius 2 is 2.16 bits per heavy atom. The zero-order valence-electron chi connectivity index (χ0n) is 15.9. The van der Waals surface area contributed by atoms with Crippen LogP contribution >= 0.6 is 11.6 Å². The standard InChI is InChI=1S/C18H28ClN5O/c1-7-20-17(24(6)12-14-8-13(19)11-23(14)5)22-10-16-21-9-15(25-16)18(2,3)4/h8-9,11H,7,10,12H2,1-6H3,(H,20,22). The van der Waals surface area contributed by atoms with E-state index in [0.29, 0.717) is 19.0 Å². The van der Waals surface area contributed by atoms with E-state index < -0.39 is 0 Å². The molecule has 6 nitrogen and oxygen atoms in total. The normalized spacial score (nSPS) is 12.5. The predicted molar refractivity (Wildman–Crippen MR) is 102 cm³/mol. The van der Waals surface area contributed by atoms with E-state index >= 15 is 0 Å². The number of nitrogens with one attached hydrogen (secondary N) is 1. The lowest BCUT2D eigenvalue weighted by atomic mass is 9.94. The number of rotatable bonds is 5. The maximum Gasteiger partial charge on any atom is 0.216 e. The Bertz CT molecular complexity index is 726. The summed E-state index contributed by atoms with van der Waals surface area (Å²) < 4.78 is 7.83. The van der Waals surface area contributed by atoms with E-state index in [4.69, 9.17) is 16.0 Å². The fourth-order valence-corrected chi connectivity index (χ4v) is 2.66. The zero-order valence-corrected chi connectivity index (χ0v) is 16.7. The monoisotopic (exact) mass is 365 g/mol. The van der Waals surface area contributed by atoms with Crippen molar-refractivity contribution >= 4 is 17.6 Å². The number of nitrogens with zero attached hydrogens (tertiary/aromatic N) is 4. The molecule has 7 heteroatoms. The van der Waals surface area contributed by atoms with Gasteiger partial charge in [-0.2, -0.15) is 0 Å². The first-order valence-electron chi connectivity index (χ1n) is 8.46. The molecule has 2 rings (SSSR count). The first-order valence-corrected chi connectivity index (χ1v) is 8.84. The van der Waals surface area contributed by atoms with Crippen molar-refractivity contribution in [2.45, 2.75) is 46.2 Å². The highest BCUT2D eigenvalue weighted by Crippen LogP contribution is 2.22. The third-order valence-corrected chi connectivity index (χ3v) is 4.03. The minimum Gasteiger partial charge on any atom is -0.443 e. The smallest absolute Gasteiger partial charge is 0.216 e. The van der Waals surface area contributed by atoms with Crippen LogP contribution in [0.3, 0.4) is 0 Å². The lowest BCUT2D eigenvalue weighted by molar-refractivity contribution is 0.382. The van der Waals surface area contributed by atoms with Gasteiger partial charge in [0.05, 0.1) is 17.8 Å². The van der Waals surface area contributed by atoms with Crippen molar-refractivity contribution in [2.75, 3.05) is 13.6 Å². The Balaban J connectivity index is 2.09. The molecule has 0 aliphatic carbocycles. The molecule has 2 aromatic rings. The van der Waals surface area contributed by atoms with E-state index in [1.807, 2.05) is 37.8 Å². The summed E-state index contributed by atoms with van der Waals surface area (Å²) in [7, 11) is 3.98. The van der Waals surface area contributed by atoms with E-state index in [9.17, 15) is 0 Å². The predicted octanol–water partition coefficient (Wildman–Crippen LogP) is 3.56. The summed E-state index contributed by atoms with van der Waals surface area (Å²) in [4.78, 5) is 11.0. The van der Waals surface area contributed by atoms with Crippen molar-refractivity contribution in [2.24, 2.45) is 12.0 Å². The summed E-state index contributed by atoms with van der Waals surface area (Å²) in [5.41, 5.74) is 1.06. The zero-order chi connectivity index (χ0) is 18.6. The molecule has 0 unspecified atom stereocenters. The van der Waals surface area contributed by atoms with Gasteiger partial charge in [0.15, 0.2) is 5.96 Å². The highest BCUT2D eigenvalue weighted by molar-refractivity contribution is 6.30. The SMILES string of the molecule is CCNC(=NCc1ncc(C(C)(C)C)o1)N(C)Cc1cc(Cl)cn1C. The van der Waals surface area contributed by atoms with E-state index in [-0.39, 0.29) is 5.41 Å². The maximum atomic E-state index is 6.06. The van der Waals surface area contributed by atoms with Crippen LogP contribution in [-0.2, 0) is 25.6 Å². The molecule has 0 saturated carbocycles. The fraction of sp³-hybridized carbons (Fsp3) is 0.556. The molecule has 0 spiro atoms. The number of aliphatic imine (C=N–C) groups is 1. The van der Waals surface area contributed by atoms with Gasteiger partial charge in [-0.15, -0.1) is 0 Å². The summed E-state index contributed by atoms with van der Waals surface area (Å²) in [6, 6.07) is 1.96. The van der Waals surface area contributed by atoms with Crippen LogP contribution in [0.25, 0.3) is 0 Å². The molecule has 0 saturated heterocycles. The summed E-state index contributed by atoms with van der Waals surface area (Å²) >= 11 is 6.06. The van der Waals surface area contributed by atoms with Gasteiger partial charge < -0.3 is 19.2 Å². The Kier molecular flexibility index (Phi) is 6.16. The number of aromatic nitrogens is 2. The van der Waals surface area contributed by atoms with Crippen molar-refractivity contribution in [3.05, 3.63) is 40.8 Å². The molecular weight excluding hydrogens is 338 g/mol. The minimum atomic E-state index is -0.0535. The lowest BCUT2D eigenvalue weighted by Crippen LogP contribution is -2.38. The molecule has 0 atom stereocenters. The molecular formula is C18H28ClN5O. The number of halogens is 1. The van der Waals surface area contributed by atoms with Gasteiger partial charge in [-0.05, 0) is 13.0 Å². The van der Waals surface area contributed by atoms with E-state index in [2.05, 4.69) is 41.0 Å². The van der Waals surface area contributed by atoms with Crippen LogP contribution in [0.1, 0.15) is 45.0 Å². The molecule has 0 fully saturated rings. The summed E-state index contributed by atoms with van der Waals surface area (Å²) in [5, 5.41) is 4.04. The summed E-state index contributed by atoms with van der Waals surface area (Å²) in [6.45, 7) is 10.2. The van der Waals surface area contributed by atoms with Gasteiger partial charge in [0.1, 0.15) is 12.3 Å². The maximum absolute atomic E-state index is 6.06. The molecule has 0 amide bonds. The number of aryl methyl sites for hydroxylation is 1. The van der Waals surface area contributed by atoms with Crippen molar-refractivity contribution in [3.8, 4) is 0 Å². The van der Waals surface area contributed by atoms with Crippen LogP contribution < -0.4 is 5.32 Å². The van der Waals surface area contributed by atoms with Gasteiger partial charge in [-0.1, -0.05) is 32.4 Å². The number of guanidine groups is 1. The summed E-state index contributed by atoms with van der Waals surface area (Å²) in [5.74, 6) is 2.29. The second-order valence-corrected chi connectivity index (χ2v) is 7.59. The summed E-state index contributed by atoms with van der Waals surface area (Å²) in [6.07, 6.45) is 3.68. The molecule has 138 valence electrons. The van der Waals surface area contributed by atoms with Gasteiger partial charge >= 0.3 is 0 Å². The van der Waals surface area contributed by atoms with E-state index in [0.717, 1.165) is 29.0 Å². The number of hydrogen-bond acceptors (Lipinski definition) is 3. The highest BCUT2D eigenvalue weighted by Gasteiger charge is 2.19. The first kappa shape index (κ1) is 19.4. The topological polar surface area (TPSA) is 58.6 Å². The molecule has 0 aliphatic heterocycles. The van der Waals surface area contributed by atoms with Crippen molar-refractivity contribution in [1.29, 1.82) is 0 Å². The van der Waals surface area contributed by atoms with E-state index in [1.165, 1.54) is 0 Å². The van der Waals surface area contributed by atoms with Crippen LogP contribution in [0.5, 0.6) is 0 Å².